The van der Waals surface area contributed by atoms with Crippen LogP contribution in [0.4, 0.5) is 0 Å². The third-order valence-corrected chi connectivity index (χ3v) is 6.97. The van der Waals surface area contributed by atoms with Crippen LogP contribution in [-0.2, 0) is 4.79 Å². The number of aromatic nitrogens is 2. The summed E-state index contributed by atoms with van der Waals surface area (Å²) in [7, 11) is 3.60. The standard InChI is InChI=1S/C30H34N4O4/c1-31(2)29(35)28-9-6-18-32(28)21-22-37-25-14-10-23(11-15-25)33-19-20-34(30(33)36)24-12-16-27(17-13-24)38-26-7-4-3-5-8-26/h3-4,7,10-17,19-20,28H,5-6,8-9,18,21-22H2,1-2H3/t28-/m0/s1. The summed E-state index contributed by atoms with van der Waals surface area (Å²) >= 11 is 0. The van der Waals surface area contributed by atoms with Crippen molar-refractivity contribution >= 4 is 5.91 Å². The Kier molecular flexibility index (Phi) is 7.79. The van der Waals surface area contributed by atoms with Crippen LogP contribution >= 0.6 is 0 Å². The Labute approximate surface area is 223 Å². The van der Waals surface area contributed by atoms with Crippen LogP contribution in [-0.4, -0.2) is 64.7 Å². The third kappa shape index (κ3) is 5.75. The summed E-state index contributed by atoms with van der Waals surface area (Å²) in [5.74, 6) is 2.58. The van der Waals surface area contributed by atoms with E-state index in [1.807, 2.05) is 60.7 Å². The number of likely N-dealkylation sites (tertiary alicyclic amines) is 1. The Bertz CT molecular complexity index is 1370. The first-order valence-corrected chi connectivity index (χ1v) is 13.1. The van der Waals surface area contributed by atoms with Gasteiger partial charge in [-0.3, -0.25) is 18.8 Å². The summed E-state index contributed by atoms with van der Waals surface area (Å²) < 4.78 is 15.1. The molecule has 0 N–H and O–H groups in total. The number of benzene rings is 2. The second-order valence-electron chi connectivity index (χ2n) is 9.79. The van der Waals surface area contributed by atoms with Crippen LogP contribution < -0.4 is 15.2 Å². The van der Waals surface area contributed by atoms with Gasteiger partial charge in [-0.25, -0.2) is 4.79 Å². The van der Waals surface area contributed by atoms with Crippen LogP contribution in [0.25, 0.3) is 11.4 Å². The van der Waals surface area contributed by atoms with Crippen molar-refractivity contribution in [2.24, 2.45) is 0 Å². The van der Waals surface area contributed by atoms with Gasteiger partial charge in [0, 0.05) is 39.5 Å². The number of hydrogen-bond donors (Lipinski definition) is 0. The van der Waals surface area contributed by atoms with E-state index in [0.717, 1.165) is 60.9 Å². The molecule has 38 heavy (non-hydrogen) atoms. The van der Waals surface area contributed by atoms with Gasteiger partial charge >= 0.3 is 5.69 Å². The van der Waals surface area contributed by atoms with E-state index in [0.29, 0.717) is 13.2 Å². The van der Waals surface area contributed by atoms with Crippen molar-refractivity contribution < 1.29 is 14.3 Å². The molecule has 0 radical (unpaired) electrons. The molecule has 2 aromatic carbocycles. The van der Waals surface area contributed by atoms with E-state index in [-0.39, 0.29) is 17.6 Å². The lowest BCUT2D eigenvalue weighted by molar-refractivity contribution is -0.133. The zero-order valence-corrected chi connectivity index (χ0v) is 22.0. The van der Waals surface area contributed by atoms with E-state index in [2.05, 4.69) is 11.0 Å². The van der Waals surface area contributed by atoms with Crippen molar-refractivity contribution in [1.29, 1.82) is 0 Å². The van der Waals surface area contributed by atoms with Gasteiger partial charge in [0.05, 0.1) is 17.4 Å². The van der Waals surface area contributed by atoms with Gasteiger partial charge in [0.15, 0.2) is 0 Å². The highest BCUT2D eigenvalue weighted by Crippen LogP contribution is 2.22. The number of nitrogens with zero attached hydrogens (tertiary/aromatic N) is 4. The molecule has 5 rings (SSSR count). The molecule has 8 heteroatoms. The molecule has 8 nitrogen and oxygen atoms in total. The number of allylic oxidation sites excluding steroid dienone is 4. The second-order valence-corrected chi connectivity index (χ2v) is 9.79. The number of hydrogen-bond acceptors (Lipinski definition) is 5. The molecule has 0 spiro atoms. The van der Waals surface area contributed by atoms with E-state index in [4.69, 9.17) is 9.47 Å². The van der Waals surface area contributed by atoms with Crippen LogP contribution in [0.5, 0.6) is 11.5 Å². The first-order chi connectivity index (χ1) is 18.5. The molecule has 3 aromatic rings. The number of likely N-dealkylation sites (N-methyl/N-ethyl adjacent to an activating group) is 1. The lowest BCUT2D eigenvalue weighted by Crippen LogP contribution is -2.44. The fourth-order valence-electron chi connectivity index (χ4n) is 4.92. The predicted octanol–water partition coefficient (Wildman–Crippen LogP) is 4.17. The zero-order chi connectivity index (χ0) is 26.5. The fourth-order valence-corrected chi connectivity index (χ4v) is 4.92. The second kappa shape index (κ2) is 11.6. The van der Waals surface area contributed by atoms with Gasteiger partial charge in [-0.1, -0.05) is 12.2 Å². The molecular formula is C30H34N4O4. The van der Waals surface area contributed by atoms with Crippen molar-refractivity contribution in [2.45, 2.75) is 31.7 Å². The molecule has 1 aliphatic heterocycles. The molecule has 1 saturated heterocycles. The fraction of sp³-hybridized carbons (Fsp3) is 0.333. The highest BCUT2D eigenvalue weighted by atomic mass is 16.5. The Morgan fingerprint density at radius 1 is 0.974 bits per heavy atom. The summed E-state index contributed by atoms with van der Waals surface area (Å²) in [4.78, 5) is 29.4. The number of imidazole rings is 1. The zero-order valence-electron chi connectivity index (χ0n) is 22.0. The summed E-state index contributed by atoms with van der Waals surface area (Å²) in [6.45, 7) is 2.12. The molecule has 1 fully saturated rings. The molecule has 2 heterocycles. The quantitative estimate of drug-likeness (QED) is 0.429. The lowest BCUT2D eigenvalue weighted by Gasteiger charge is -2.25. The highest BCUT2D eigenvalue weighted by Gasteiger charge is 2.31. The predicted molar refractivity (Wildman–Crippen MR) is 147 cm³/mol. The number of rotatable bonds is 9. The van der Waals surface area contributed by atoms with E-state index in [1.54, 1.807) is 40.5 Å². The highest BCUT2D eigenvalue weighted by molar-refractivity contribution is 5.81. The Morgan fingerprint density at radius 2 is 1.63 bits per heavy atom. The monoisotopic (exact) mass is 514 g/mol. The topological polar surface area (TPSA) is 68.9 Å². The molecule has 198 valence electrons. The maximum atomic E-state index is 13.1. The van der Waals surface area contributed by atoms with Gasteiger partial charge in [0.25, 0.3) is 0 Å². The molecule has 1 atom stereocenters. The van der Waals surface area contributed by atoms with Gasteiger partial charge in [0.2, 0.25) is 5.91 Å². The average molecular weight is 515 g/mol. The van der Waals surface area contributed by atoms with E-state index in [1.165, 1.54) is 0 Å². The summed E-state index contributed by atoms with van der Waals surface area (Å²) in [6.07, 6.45) is 13.4. The van der Waals surface area contributed by atoms with E-state index < -0.39 is 0 Å². The van der Waals surface area contributed by atoms with Crippen molar-refractivity contribution in [3.8, 4) is 22.9 Å². The molecule has 1 aromatic heterocycles. The largest absolute Gasteiger partial charge is 0.492 e. The number of carbonyl (C=O) groups excluding carboxylic acids is 1. The molecule has 1 aliphatic carbocycles. The first-order valence-electron chi connectivity index (χ1n) is 13.1. The smallest absolute Gasteiger partial charge is 0.337 e. The number of carbonyl (C=O) groups is 1. The number of amides is 1. The van der Waals surface area contributed by atoms with Crippen LogP contribution in [0.2, 0.25) is 0 Å². The average Bonchev–Trinajstić information content (AvgIpc) is 3.56. The van der Waals surface area contributed by atoms with Gasteiger partial charge in [-0.05, 0) is 80.4 Å². The Morgan fingerprint density at radius 3 is 2.24 bits per heavy atom. The molecule has 0 unspecified atom stereocenters. The summed E-state index contributed by atoms with van der Waals surface area (Å²) in [5.41, 5.74) is 1.37. The first kappa shape index (κ1) is 25.6. The van der Waals surface area contributed by atoms with Crippen LogP contribution in [0.3, 0.4) is 0 Å². The molecular weight excluding hydrogens is 480 g/mol. The summed E-state index contributed by atoms with van der Waals surface area (Å²) in [6, 6.07) is 15.0. The van der Waals surface area contributed by atoms with E-state index in [9.17, 15) is 9.59 Å². The van der Waals surface area contributed by atoms with Gasteiger partial charge in [-0.15, -0.1) is 0 Å². The van der Waals surface area contributed by atoms with Gasteiger partial charge in [-0.2, -0.15) is 0 Å². The Balaban J connectivity index is 1.19. The van der Waals surface area contributed by atoms with Gasteiger partial charge in [0.1, 0.15) is 23.9 Å². The van der Waals surface area contributed by atoms with E-state index >= 15 is 0 Å². The van der Waals surface area contributed by atoms with Crippen LogP contribution in [0.15, 0.2) is 89.7 Å². The van der Waals surface area contributed by atoms with Crippen molar-refractivity contribution in [2.75, 3.05) is 33.8 Å². The minimum atomic E-state index is -0.155. The Hall–Kier alpha value is -4.04. The number of ether oxygens (including phenoxy) is 2. The lowest BCUT2D eigenvalue weighted by atomic mass is 10.2. The summed E-state index contributed by atoms with van der Waals surface area (Å²) in [5, 5.41) is 0. The maximum absolute atomic E-state index is 13.1. The van der Waals surface area contributed by atoms with Crippen LogP contribution in [0.1, 0.15) is 25.7 Å². The minimum absolute atomic E-state index is 0.0534. The molecule has 1 amide bonds. The normalized spacial score (nSPS) is 17.3. The molecule has 2 aliphatic rings. The SMILES string of the molecule is CN(C)C(=O)[C@@H]1CCCN1CCOc1ccc(-n2ccn(-c3ccc(OC4=CC=CCC4)cc3)c2=O)cc1. The van der Waals surface area contributed by atoms with Crippen molar-refractivity contribution in [3.05, 3.63) is 95.4 Å². The van der Waals surface area contributed by atoms with Crippen molar-refractivity contribution in [3.63, 3.8) is 0 Å². The molecule has 0 bridgehead atoms. The van der Waals surface area contributed by atoms with Crippen LogP contribution in [0, 0.1) is 0 Å². The minimum Gasteiger partial charge on any atom is -0.492 e. The third-order valence-electron chi connectivity index (χ3n) is 6.97. The maximum Gasteiger partial charge on any atom is 0.337 e. The van der Waals surface area contributed by atoms with Gasteiger partial charge < -0.3 is 14.4 Å². The van der Waals surface area contributed by atoms with Crippen molar-refractivity contribution in [1.82, 2.24) is 18.9 Å². The molecule has 0 saturated carbocycles.